The number of nitrogens with zero attached hydrogens (tertiary/aromatic N) is 2. The lowest BCUT2D eigenvalue weighted by molar-refractivity contribution is 0.0595. The van der Waals surface area contributed by atoms with E-state index in [1.165, 1.54) is 7.11 Å². The van der Waals surface area contributed by atoms with Crippen molar-refractivity contribution in [1.29, 1.82) is 0 Å². The number of carbonyl (C=O) groups excluding carboxylic acids is 1. The van der Waals surface area contributed by atoms with E-state index in [-0.39, 0.29) is 12.6 Å². The monoisotopic (exact) mass is 264 g/mol. The highest BCUT2D eigenvalue weighted by atomic mass is 16.5. The van der Waals surface area contributed by atoms with E-state index in [0.717, 1.165) is 31.6 Å². The Labute approximate surface area is 113 Å². The van der Waals surface area contributed by atoms with Crippen molar-refractivity contribution in [2.45, 2.75) is 19.4 Å². The normalized spacial score (nSPS) is 20.2. The summed E-state index contributed by atoms with van der Waals surface area (Å²) in [5.41, 5.74) is 1.27. The first-order valence-electron chi connectivity index (χ1n) is 6.60. The van der Waals surface area contributed by atoms with Crippen LogP contribution in [-0.4, -0.2) is 47.8 Å². The van der Waals surface area contributed by atoms with Crippen LogP contribution in [-0.2, 0) is 11.3 Å². The molecule has 1 atom stereocenters. The number of aliphatic hydroxyl groups is 1. The van der Waals surface area contributed by atoms with Gasteiger partial charge in [-0.25, -0.2) is 4.79 Å². The van der Waals surface area contributed by atoms with Crippen molar-refractivity contribution in [1.82, 2.24) is 9.88 Å². The number of pyridine rings is 1. The third kappa shape index (κ3) is 3.52. The maximum Gasteiger partial charge on any atom is 0.339 e. The van der Waals surface area contributed by atoms with Gasteiger partial charge in [0.25, 0.3) is 0 Å². The Kier molecular flexibility index (Phi) is 4.87. The maximum absolute atomic E-state index is 11.7. The van der Waals surface area contributed by atoms with Gasteiger partial charge in [0.15, 0.2) is 0 Å². The molecular formula is C14H20N2O3. The molecule has 1 aromatic heterocycles. The van der Waals surface area contributed by atoms with E-state index in [9.17, 15) is 9.90 Å². The fourth-order valence-electron chi connectivity index (χ4n) is 2.52. The molecule has 2 rings (SSSR count). The molecule has 1 saturated heterocycles. The lowest BCUT2D eigenvalue weighted by Crippen LogP contribution is -2.36. The Morgan fingerprint density at radius 1 is 1.63 bits per heavy atom. The quantitative estimate of drug-likeness (QED) is 0.824. The number of piperidine rings is 1. The van der Waals surface area contributed by atoms with Crippen LogP contribution in [0.4, 0.5) is 0 Å². The Hall–Kier alpha value is -1.46. The number of aromatic nitrogens is 1. The van der Waals surface area contributed by atoms with Gasteiger partial charge in [-0.3, -0.25) is 9.88 Å². The summed E-state index contributed by atoms with van der Waals surface area (Å²) < 4.78 is 4.77. The summed E-state index contributed by atoms with van der Waals surface area (Å²) in [6, 6.07) is 3.48. The van der Waals surface area contributed by atoms with Crippen molar-refractivity contribution in [2.75, 3.05) is 26.8 Å². The molecule has 5 heteroatoms. The smallest absolute Gasteiger partial charge is 0.339 e. The van der Waals surface area contributed by atoms with Crippen molar-refractivity contribution in [3.05, 3.63) is 29.6 Å². The van der Waals surface area contributed by atoms with Crippen molar-refractivity contribution in [3.8, 4) is 0 Å². The van der Waals surface area contributed by atoms with Crippen molar-refractivity contribution < 1.29 is 14.6 Å². The first-order chi connectivity index (χ1) is 9.24. The van der Waals surface area contributed by atoms with Gasteiger partial charge in [0.2, 0.25) is 0 Å². The van der Waals surface area contributed by atoms with Gasteiger partial charge in [0.05, 0.1) is 18.4 Å². The molecule has 5 nitrogen and oxygen atoms in total. The molecule has 1 N–H and O–H groups in total. The molecule has 0 aliphatic carbocycles. The predicted octanol–water partition coefficient (Wildman–Crippen LogP) is 1.07. The summed E-state index contributed by atoms with van der Waals surface area (Å²) in [4.78, 5) is 18.2. The van der Waals surface area contributed by atoms with Gasteiger partial charge in [0, 0.05) is 25.9 Å². The summed E-state index contributed by atoms with van der Waals surface area (Å²) >= 11 is 0. The molecule has 2 heterocycles. The van der Waals surface area contributed by atoms with Crippen molar-refractivity contribution in [2.24, 2.45) is 5.92 Å². The molecule has 0 amide bonds. The maximum atomic E-state index is 11.7. The van der Waals surface area contributed by atoms with Crippen LogP contribution in [0.3, 0.4) is 0 Å². The number of hydrogen-bond acceptors (Lipinski definition) is 5. The average molecular weight is 264 g/mol. The third-order valence-electron chi connectivity index (χ3n) is 3.53. The number of esters is 1. The lowest BCUT2D eigenvalue weighted by atomic mass is 9.98. The number of likely N-dealkylation sites (tertiary alicyclic amines) is 1. The van der Waals surface area contributed by atoms with Crippen molar-refractivity contribution >= 4 is 5.97 Å². The number of methoxy groups -OCH3 is 1. The number of aliphatic hydroxyl groups excluding tert-OH is 1. The zero-order chi connectivity index (χ0) is 13.7. The van der Waals surface area contributed by atoms with Crippen LogP contribution in [0, 0.1) is 5.92 Å². The highest BCUT2D eigenvalue weighted by Gasteiger charge is 2.21. The molecule has 0 radical (unpaired) electrons. The second-order valence-electron chi connectivity index (χ2n) is 4.92. The SMILES string of the molecule is COC(=O)c1cccnc1CN1CCCC(CO)C1. The summed E-state index contributed by atoms with van der Waals surface area (Å²) in [7, 11) is 1.38. The highest BCUT2D eigenvalue weighted by molar-refractivity contribution is 5.90. The second kappa shape index (κ2) is 6.63. The molecule has 104 valence electrons. The highest BCUT2D eigenvalue weighted by Crippen LogP contribution is 2.18. The molecule has 1 aliphatic heterocycles. The zero-order valence-corrected chi connectivity index (χ0v) is 11.2. The zero-order valence-electron chi connectivity index (χ0n) is 11.2. The van der Waals surface area contributed by atoms with Crippen LogP contribution in [0.25, 0.3) is 0 Å². The van der Waals surface area contributed by atoms with Crippen LogP contribution >= 0.6 is 0 Å². The molecule has 19 heavy (non-hydrogen) atoms. The minimum absolute atomic E-state index is 0.225. The summed E-state index contributed by atoms with van der Waals surface area (Å²) in [6.07, 6.45) is 3.83. The molecular weight excluding hydrogens is 244 g/mol. The van der Waals surface area contributed by atoms with E-state index < -0.39 is 0 Å². The number of carbonyl (C=O) groups is 1. The Balaban J connectivity index is 2.08. The molecule has 1 fully saturated rings. The Bertz CT molecular complexity index is 436. The topological polar surface area (TPSA) is 62.7 Å². The second-order valence-corrected chi connectivity index (χ2v) is 4.92. The van der Waals surface area contributed by atoms with Crippen LogP contribution in [0.1, 0.15) is 28.9 Å². The van der Waals surface area contributed by atoms with Gasteiger partial charge >= 0.3 is 5.97 Å². The van der Waals surface area contributed by atoms with E-state index in [0.29, 0.717) is 18.0 Å². The minimum Gasteiger partial charge on any atom is -0.465 e. The van der Waals surface area contributed by atoms with Crippen LogP contribution in [0.2, 0.25) is 0 Å². The number of hydrogen-bond donors (Lipinski definition) is 1. The molecule has 1 aromatic rings. The first kappa shape index (κ1) is 14.0. The largest absolute Gasteiger partial charge is 0.465 e. The van der Waals surface area contributed by atoms with Gasteiger partial charge in [-0.1, -0.05) is 0 Å². The van der Waals surface area contributed by atoms with E-state index in [1.54, 1.807) is 18.3 Å². The number of ether oxygens (including phenoxy) is 1. The molecule has 0 bridgehead atoms. The molecule has 0 aromatic carbocycles. The standard InChI is InChI=1S/C14H20N2O3/c1-19-14(18)12-5-2-6-15-13(12)9-16-7-3-4-11(8-16)10-17/h2,5-6,11,17H,3-4,7-10H2,1H3. The first-order valence-corrected chi connectivity index (χ1v) is 6.60. The van der Waals surface area contributed by atoms with Crippen LogP contribution < -0.4 is 0 Å². The molecule has 0 spiro atoms. The van der Waals surface area contributed by atoms with Gasteiger partial charge in [0.1, 0.15) is 0 Å². The number of rotatable bonds is 4. The van der Waals surface area contributed by atoms with E-state index >= 15 is 0 Å². The lowest BCUT2D eigenvalue weighted by Gasteiger charge is -2.31. The van der Waals surface area contributed by atoms with E-state index in [2.05, 4.69) is 9.88 Å². The van der Waals surface area contributed by atoms with Gasteiger partial charge in [-0.05, 0) is 37.4 Å². The van der Waals surface area contributed by atoms with Crippen molar-refractivity contribution in [3.63, 3.8) is 0 Å². The summed E-state index contributed by atoms with van der Waals surface area (Å²) in [5, 5.41) is 9.24. The Morgan fingerprint density at radius 3 is 3.21 bits per heavy atom. The average Bonchev–Trinajstić information content (AvgIpc) is 2.47. The molecule has 0 saturated carbocycles. The Morgan fingerprint density at radius 2 is 2.47 bits per heavy atom. The van der Waals surface area contributed by atoms with Gasteiger partial charge in [-0.15, -0.1) is 0 Å². The third-order valence-corrected chi connectivity index (χ3v) is 3.53. The summed E-state index contributed by atoms with van der Waals surface area (Å²) in [5.74, 6) is -0.0159. The van der Waals surface area contributed by atoms with Crippen LogP contribution in [0.15, 0.2) is 18.3 Å². The minimum atomic E-state index is -0.348. The van der Waals surface area contributed by atoms with Crippen LogP contribution in [0.5, 0.6) is 0 Å². The molecule has 1 aliphatic rings. The fraction of sp³-hybridized carbons (Fsp3) is 0.571. The van der Waals surface area contributed by atoms with E-state index in [4.69, 9.17) is 4.74 Å². The van der Waals surface area contributed by atoms with Gasteiger partial charge in [-0.2, -0.15) is 0 Å². The molecule has 1 unspecified atom stereocenters. The summed E-state index contributed by atoms with van der Waals surface area (Å²) in [6.45, 7) is 2.69. The fourth-order valence-corrected chi connectivity index (χ4v) is 2.52. The van der Waals surface area contributed by atoms with Gasteiger partial charge < -0.3 is 9.84 Å². The predicted molar refractivity (Wildman–Crippen MR) is 70.7 cm³/mol. The van der Waals surface area contributed by atoms with E-state index in [1.807, 2.05) is 0 Å².